The second-order valence-corrected chi connectivity index (χ2v) is 8.94. The monoisotopic (exact) mass is 379 g/mol. The van der Waals surface area contributed by atoms with Crippen LogP contribution in [-0.4, -0.2) is 26.9 Å². The Labute approximate surface area is 151 Å². The molecule has 0 spiro atoms. The average molecular weight is 380 g/mol. The lowest BCUT2D eigenvalue weighted by molar-refractivity contribution is 0.0950. The Bertz CT molecular complexity index is 813. The second-order valence-electron chi connectivity index (χ2n) is 6.14. The van der Waals surface area contributed by atoms with Gasteiger partial charge in [0, 0.05) is 29.6 Å². The molecule has 0 aliphatic heterocycles. The van der Waals surface area contributed by atoms with E-state index in [0.717, 1.165) is 17.7 Å². The van der Waals surface area contributed by atoms with E-state index in [1.165, 1.54) is 35.6 Å². The van der Waals surface area contributed by atoms with Crippen molar-refractivity contribution in [3.8, 4) is 0 Å². The number of thiophene rings is 1. The van der Waals surface area contributed by atoms with E-state index in [4.69, 9.17) is 5.73 Å². The molecule has 1 aromatic heterocycles. The molecule has 1 aliphatic rings. The fourth-order valence-corrected chi connectivity index (χ4v) is 4.19. The van der Waals surface area contributed by atoms with Crippen molar-refractivity contribution < 1.29 is 13.2 Å². The molecule has 1 amide bonds. The van der Waals surface area contributed by atoms with E-state index in [9.17, 15) is 13.2 Å². The van der Waals surface area contributed by atoms with Gasteiger partial charge in [0.25, 0.3) is 5.91 Å². The fraction of sp³-hybridized carbons (Fsp3) is 0.353. The summed E-state index contributed by atoms with van der Waals surface area (Å²) in [5.41, 5.74) is 6.38. The predicted octanol–water partition coefficient (Wildman–Crippen LogP) is 1.69. The van der Waals surface area contributed by atoms with Crippen LogP contribution in [0.25, 0.3) is 0 Å². The Kier molecular flexibility index (Phi) is 5.53. The normalized spacial score (nSPS) is 15.7. The molecule has 1 aliphatic carbocycles. The molecule has 134 valence electrons. The van der Waals surface area contributed by atoms with Gasteiger partial charge in [-0.05, 0) is 54.5 Å². The van der Waals surface area contributed by atoms with Crippen molar-refractivity contribution in [2.45, 2.75) is 30.3 Å². The maximum absolute atomic E-state index is 12.3. The Morgan fingerprint density at radius 3 is 2.56 bits per heavy atom. The maximum Gasteiger partial charge on any atom is 0.251 e. The van der Waals surface area contributed by atoms with Gasteiger partial charge >= 0.3 is 0 Å². The Hall–Kier alpha value is -1.74. The SMILES string of the molecule is NC(CNC(=O)c1ccc(S(=O)(=O)NCc2cccs2)cc1)C1CC1. The molecule has 3 rings (SSSR count). The standard InChI is InChI=1S/C17H21N3O3S2/c18-16(12-3-4-12)11-19-17(21)13-5-7-15(8-6-13)25(22,23)20-10-14-2-1-9-24-14/h1-2,5-9,12,16,20H,3-4,10-11,18H2,(H,19,21). The Balaban J connectivity index is 1.57. The minimum Gasteiger partial charge on any atom is -0.350 e. The van der Waals surface area contributed by atoms with E-state index < -0.39 is 10.0 Å². The van der Waals surface area contributed by atoms with E-state index in [1.807, 2.05) is 17.5 Å². The summed E-state index contributed by atoms with van der Waals surface area (Å²) in [5.74, 6) is 0.272. The average Bonchev–Trinajstić information content (AvgIpc) is 3.34. The minimum absolute atomic E-state index is 0.00921. The van der Waals surface area contributed by atoms with Gasteiger partial charge in [0.15, 0.2) is 0 Å². The lowest BCUT2D eigenvalue weighted by atomic mass is 10.2. The van der Waals surface area contributed by atoms with Crippen LogP contribution >= 0.6 is 11.3 Å². The zero-order valence-corrected chi connectivity index (χ0v) is 15.3. The van der Waals surface area contributed by atoms with Gasteiger partial charge in [-0.3, -0.25) is 4.79 Å². The van der Waals surface area contributed by atoms with Crippen molar-refractivity contribution in [3.05, 3.63) is 52.2 Å². The number of hydrogen-bond acceptors (Lipinski definition) is 5. The quantitative estimate of drug-likeness (QED) is 0.650. The van der Waals surface area contributed by atoms with Crippen molar-refractivity contribution in [3.63, 3.8) is 0 Å². The van der Waals surface area contributed by atoms with Crippen LogP contribution in [0, 0.1) is 5.92 Å². The molecule has 6 nitrogen and oxygen atoms in total. The summed E-state index contributed by atoms with van der Waals surface area (Å²) in [6.07, 6.45) is 2.25. The molecule has 1 atom stereocenters. The molecule has 1 aromatic carbocycles. The van der Waals surface area contributed by atoms with Crippen LogP contribution in [-0.2, 0) is 16.6 Å². The van der Waals surface area contributed by atoms with Gasteiger partial charge in [-0.15, -0.1) is 11.3 Å². The third kappa shape index (κ3) is 4.88. The van der Waals surface area contributed by atoms with Gasteiger partial charge < -0.3 is 11.1 Å². The number of sulfonamides is 1. The number of carbonyl (C=O) groups is 1. The summed E-state index contributed by atoms with van der Waals surface area (Å²) in [7, 11) is -3.60. The summed E-state index contributed by atoms with van der Waals surface area (Å²) < 4.78 is 27.1. The van der Waals surface area contributed by atoms with Crippen molar-refractivity contribution in [1.82, 2.24) is 10.0 Å². The summed E-state index contributed by atoms with van der Waals surface area (Å²) in [6.45, 7) is 0.688. The highest BCUT2D eigenvalue weighted by atomic mass is 32.2. The molecular weight excluding hydrogens is 358 g/mol. The number of nitrogens with two attached hydrogens (primary N) is 1. The molecule has 25 heavy (non-hydrogen) atoms. The topological polar surface area (TPSA) is 101 Å². The highest BCUT2D eigenvalue weighted by Crippen LogP contribution is 2.31. The zero-order chi connectivity index (χ0) is 17.9. The van der Waals surface area contributed by atoms with Crippen LogP contribution in [0.5, 0.6) is 0 Å². The molecule has 0 saturated heterocycles. The first kappa shape index (κ1) is 18.1. The van der Waals surface area contributed by atoms with E-state index in [2.05, 4.69) is 10.0 Å². The molecule has 1 heterocycles. The smallest absolute Gasteiger partial charge is 0.251 e. The largest absolute Gasteiger partial charge is 0.350 e. The van der Waals surface area contributed by atoms with Crippen molar-refractivity contribution >= 4 is 27.3 Å². The number of nitrogens with one attached hydrogen (secondary N) is 2. The molecular formula is C17H21N3O3S2. The molecule has 1 fully saturated rings. The molecule has 8 heteroatoms. The van der Waals surface area contributed by atoms with E-state index in [-0.39, 0.29) is 23.4 Å². The van der Waals surface area contributed by atoms with E-state index in [1.54, 1.807) is 0 Å². The first-order valence-corrected chi connectivity index (χ1v) is 10.5. The highest BCUT2D eigenvalue weighted by Gasteiger charge is 2.28. The predicted molar refractivity (Wildman–Crippen MR) is 97.8 cm³/mol. The summed E-state index contributed by atoms with van der Waals surface area (Å²) in [4.78, 5) is 13.2. The van der Waals surface area contributed by atoms with Gasteiger partial charge in [0.1, 0.15) is 0 Å². The van der Waals surface area contributed by atoms with Crippen LogP contribution in [0.15, 0.2) is 46.7 Å². The Morgan fingerprint density at radius 2 is 1.96 bits per heavy atom. The molecule has 2 aromatic rings. The maximum atomic E-state index is 12.3. The molecule has 4 N–H and O–H groups in total. The van der Waals surface area contributed by atoms with Gasteiger partial charge in [-0.1, -0.05) is 6.07 Å². The summed E-state index contributed by atoms with van der Waals surface area (Å²) >= 11 is 1.49. The first-order chi connectivity index (χ1) is 12.0. The number of benzene rings is 1. The number of amides is 1. The minimum atomic E-state index is -3.60. The van der Waals surface area contributed by atoms with Crippen LogP contribution in [0.1, 0.15) is 28.1 Å². The van der Waals surface area contributed by atoms with Crippen molar-refractivity contribution in [1.29, 1.82) is 0 Å². The van der Waals surface area contributed by atoms with Crippen molar-refractivity contribution in [2.75, 3.05) is 6.54 Å². The van der Waals surface area contributed by atoms with Crippen molar-refractivity contribution in [2.24, 2.45) is 11.7 Å². The van der Waals surface area contributed by atoms with Gasteiger partial charge in [-0.2, -0.15) is 0 Å². The summed E-state index contributed by atoms with van der Waals surface area (Å²) in [5, 5.41) is 4.69. The van der Waals surface area contributed by atoms with Gasteiger partial charge in [0.2, 0.25) is 10.0 Å². The van der Waals surface area contributed by atoms with E-state index >= 15 is 0 Å². The summed E-state index contributed by atoms with van der Waals surface area (Å²) in [6, 6.07) is 9.63. The molecule has 0 radical (unpaired) electrons. The molecule has 1 unspecified atom stereocenters. The highest BCUT2D eigenvalue weighted by molar-refractivity contribution is 7.89. The van der Waals surface area contributed by atoms with Gasteiger partial charge in [-0.25, -0.2) is 13.1 Å². The van der Waals surface area contributed by atoms with Crippen LogP contribution in [0.3, 0.4) is 0 Å². The second kappa shape index (κ2) is 7.65. The van der Waals surface area contributed by atoms with Crippen LogP contribution in [0.4, 0.5) is 0 Å². The number of carbonyl (C=O) groups excluding carboxylic acids is 1. The van der Waals surface area contributed by atoms with Crippen LogP contribution in [0.2, 0.25) is 0 Å². The fourth-order valence-electron chi connectivity index (χ4n) is 2.45. The Morgan fingerprint density at radius 1 is 1.24 bits per heavy atom. The lowest BCUT2D eigenvalue weighted by Gasteiger charge is -2.12. The number of rotatable bonds is 8. The zero-order valence-electron chi connectivity index (χ0n) is 13.6. The number of hydrogen-bond donors (Lipinski definition) is 3. The molecule has 0 bridgehead atoms. The first-order valence-electron chi connectivity index (χ1n) is 8.11. The lowest BCUT2D eigenvalue weighted by Crippen LogP contribution is -2.38. The molecule has 1 saturated carbocycles. The van der Waals surface area contributed by atoms with Gasteiger partial charge in [0.05, 0.1) is 4.90 Å². The third-order valence-electron chi connectivity index (χ3n) is 4.17. The van der Waals surface area contributed by atoms with Crippen LogP contribution < -0.4 is 15.8 Å². The van der Waals surface area contributed by atoms with E-state index in [0.29, 0.717) is 18.0 Å². The third-order valence-corrected chi connectivity index (χ3v) is 6.46.